The van der Waals surface area contributed by atoms with Gasteiger partial charge in [0.2, 0.25) is 5.75 Å². The van der Waals surface area contributed by atoms with Crippen LogP contribution in [0.15, 0.2) is 63.8 Å². The third kappa shape index (κ3) is 6.82. The number of hydrogen-bond acceptors (Lipinski definition) is 8. The van der Waals surface area contributed by atoms with Gasteiger partial charge in [0.1, 0.15) is 17.9 Å². The Hall–Kier alpha value is -4.46. The molecule has 0 saturated carbocycles. The first-order valence-corrected chi connectivity index (χ1v) is 13.5. The molecule has 1 aromatic heterocycles. The minimum Gasteiger partial charge on any atom is -0.493 e. The van der Waals surface area contributed by atoms with E-state index in [2.05, 4.69) is 0 Å². The number of ether oxygens (including phenoxy) is 5. The van der Waals surface area contributed by atoms with Crippen LogP contribution in [0.1, 0.15) is 48.1 Å². The van der Waals surface area contributed by atoms with Gasteiger partial charge in [0.05, 0.1) is 33.0 Å². The zero-order chi connectivity index (χ0) is 29.5. The highest BCUT2D eigenvalue weighted by Crippen LogP contribution is 2.38. The fraction of sp³-hybridized carbons (Fsp3) is 0.333. The summed E-state index contributed by atoms with van der Waals surface area (Å²) in [5.41, 5.74) is 3.72. The first-order chi connectivity index (χ1) is 19.7. The van der Waals surface area contributed by atoms with E-state index in [1.807, 2.05) is 63.2 Å². The van der Waals surface area contributed by atoms with Gasteiger partial charge in [-0.2, -0.15) is 0 Å². The van der Waals surface area contributed by atoms with Gasteiger partial charge < -0.3 is 28.1 Å². The molecule has 216 valence electrons. The Morgan fingerprint density at radius 2 is 1.54 bits per heavy atom. The lowest BCUT2D eigenvalue weighted by atomic mass is 9.98. The molecule has 0 amide bonds. The predicted molar refractivity (Wildman–Crippen MR) is 156 cm³/mol. The number of carbonyl (C=O) groups is 1. The summed E-state index contributed by atoms with van der Waals surface area (Å²) in [5.74, 6) is 1.60. The quantitative estimate of drug-likeness (QED) is 0.150. The Morgan fingerprint density at radius 1 is 0.854 bits per heavy atom. The van der Waals surface area contributed by atoms with E-state index in [9.17, 15) is 9.59 Å². The molecule has 1 heterocycles. The monoisotopic (exact) mass is 560 g/mol. The molecule has 0 aliphatic carbocycles. The van der Waals surface area contributed by atoms with Gasteiger partial charge >= 0.3 is 11.6 Å². The molecule has 0 aliphatic heterocycles. The predicted octanol–water partition coefficient (Wildman–Crippen LogP) is 6.18. The molecule has 8 heteroatoms. The summed E-state index contributed by atoms with van der Waals surface area (Å²) in [5, 5.41) is 0.773. The van der Waals surface area contributed by atoms with Gasteiger partial charge in [-0.25, -0.2) is 4.79 Å². The molecule has 3 aromatic carbocycles. The van der Waals surface area contributed by atoms with Gasteiger partial charge in [-0.05, 0) is 68.1 Å². The minimum absolute atomic E-state index is 0.103. The second-order valence-corrected chi connectivity index (χ2v) is 9.94. The van der Waals surface area contributed by atoms with Crippen molar-refractivity contribution in [2.24, 2.45) is 0 Å². The Bertz CT molecular complexity index is 1550. The number of carbonyl (C=O) groups excluding carboxylic acids is 1. The first kappa shape index (κ1) is 29.5. The molecule has 4 rings (SSSR count). The first-order valence-electron chi connectivity index (χ1n) is 13.5. The van der Waals surface area contributed by atoms with Crippen molar-refractivity contribution in [1.82, 2.24) is 0 Å². The highest BCUT2D eigenvalue weighted by atomic mass is 16.5. The summed E-state index contributed by atoms with van der Waals surface area (Å²) in [4.78, 5) is 26.0. The van der Waals surface area contributed by atoms with Crippen LogP contribution in [0.25, 0.3) is 11.0 Å². The average molecular weight is 561 g/mol. The summed E-state index contributed by atoms with van der Waals surface area (Å²) in [6, 6.07) is 17.1. The van der Waals surface area contributed by atoms with E-state index in [1.54, 1.807) is 26.4 Å². The third-order valence-corrected chi connectivity index (χ3v) is 6.82. The van der Waals surface area contributed by atoms with Crippen LogP contribution in [0.2, 0.25) is 0 Å². The molecule has 0 bridgehead atoms. The smallest absolute Gasteiger partial charge is 0.340 e. The molecule has 8 nitrogen and oxygen atoms in total. The van der Waals surface area contributed by atoms with Crippen LogP contribution in [-0.4, -0.2) is 33.4 Å². The van der Waals surface area contributed by atoms with Gasteiger partial charge in [-0.1, -0.05) is 30.3 Å². The Kier molecular flexibility index (Phi) is 9.55. The molecule has 0 radical (unpaired) electrons. The van der Waals surface area contributed by atoms with Crippen LogP contribution >= 0.6 is 0 Å². The fourth-order valence-corrected chi connectivity index (χ4v) is 4.75. The molecular formula is C33H36O8. The second-order valence-electron chi connectivity index (χ2n) is 9.94. The number of aryl methyl sites for hydroxylation is 2. The van der Waals surface area contributed by atoms with E-state index in [-0.39, 0.29) is 19.1 Å². The van der Waals surface area contributed by atoms with E-state index in [0.29, 0.717) is 52.5 Å². The van der Waals surface area contributed by atoms with Crippen molar-refractivity contribution in [1.29, 1.82) is 0 Å². The number of rotatable bonds is 12. The van der Waals surface area contributed by atoms with Crippen LogP contribution in [-0.2, 0) is 29.0 Å². The van der Waals surface area contributed by atoms with E-state index >= 15 is 0 Å². The van der Waals surface area contributed by atoms with Crippen LogP contribution in [0.5, 0.6) is 23.0 Å². The molecule has 0 N–H and O–H groups in total. The summed E-state index contributed by atoms with van der Waals surface area (Å²) in [6.45, 7) is 5.62. The van der Waals surface area contributed by atoms with Crippen LogP contribution < -0.4 is 24.6 Å². The summed E-state index contributed by atoms with van der Waals surface area (Å²) in [7, 11) is 4.62. The van der Waals surface area contributed by atoms with E-state index in [0.717, 1.165) is 22.1 Å². The average Bonchev–Trinajstić information content (AvgIpc) is 2.97. The van der Waals surface area contributed by atoms with Gasteiger partial charge in [-0.15, -0.1) is 0 Å². The zero-order valence-electron chi connectivity index (χ0n) is 24.4. The minimum atomic E-state index is -0.421. The Balaban J connectivity index is 1.58. The van der Waals surface area contributed by atoms with Crippen molar-refractivity contribution in [3.8, 4) is 23.0 Å². The van der Waals surface area contributed by atoms with Crippen LogP contribution in [0.3, 0.4) is 0 Å². The summed E-state index contributed by atoms with van der Waals surface area (Å²) >= 11 is 0. The SMILES string of the molecule is COc1cc(CCC(=O)OCc2c(OC(C)C)ccc3c(C)c(Cc4ccccc4)c(=O)oc23)cc(OC)c1OC. The van der Waals surface area contributed by atoms with Crippen molar-refractivity contribution in [3.05, 3.63) is 92.8 Å². The van der Waals surface area contributed by atoms with Crippen LogP contribution in [0.4, 0.5) is 0 Å². The van der Waals surface area contributed by atoms with Crippen molar-refractivity contribution in [3.63, 3.8) is 0 Å². The van der Waals surface area contributed by atoms with Crippen molar-refractivity contribution < 1.29 is 32.9 Å². The molecule has 0 fully saturated rings. The maximum absolute atomic E-state index is 13.1. The largest absolute Gasteiger partial charge is 0.493 e. The number of esters is 1. The summed E-state index contributed by atoms with van der Waals surface area (Å²) < 4.78 is 33.7. The molecule has 0 aliphatic rings. The molecule has 0 atom stereocenters. The van der Waals surface area contributed by atoms with E-state index in [1.165, 1.54) is 7.11 Å². The van der Waals surface area contributed by atoms with E-state index < -0.39 is 11.6 Å². The van der Waals surface area contributed by atoms with Crippen molar-refractivity contribution >= 4 is 16.9 Å². The number of fused-ring (bicyclic) bond motifs is 1. The van der Waals surface area contributed by atoms with Crippen molar-refractivity contribution in [2.75, 3.05) is 21.3 Å². The lowest BCUT2D eigenvalue weighted by molar-refractivity contribution is -0.144. The Labute approximate surface area is 239 Å². The van der Waals surface area contributed by atoms with Gasteiger partial charge in [0, 0.05) is 23.8 Å². The molecule has 0 saturated heterocycles. The van der Waals surface area contributed by atoms with E-state index in [4.69, 9.17) is 28.1 Å². The van der Waals surface area contributed by atoms with Gasteiger partial charge in [0.25, 0.3) is 0 Å². The number of benzene rings is 3. The summed E-state index contributed by atoms with van der Waals surface area (Å²) in [6.07, 6.45) is 0.846. The molecule has 0 spiro atoms. The lowest BCUT2D eigenvalue weighted by Crippen LogP contribution is -2.14. The topological polar surface area (TPSA) is 93.4 Å². The molecular weight excluding hydrogens is 524 g/mol. The van der Waals surface area contributed by atoms with Gasteiger partial charge in [-0.3, -0.25) is 4.79 Å². The fourth-order valence-electron chi connectivity index (χ4n) is 4.75. The third-order valence-electron chi connectivity index (χ3n) is 6.82. The molecule has 41 heavy (non-hydrogen) atoms. The second kappa shape index (κ2) is 13.3. The molecule has 0 unspecified atom stereocenters. The maximum Gasteiger partial charge on any atom is 0.340 e. The normalized spacial score (nSPS) is 11.0. The Morgan fingerprint density at radius 3 is 2.15 bits per heavy atom. The zero-order valence-corrected chi connectivity index (χ0v) is 24.4. The standard InChI is InChI=1S/C33H36O8/c1-20(2)40-27-14-13-24-21(3)25(16-22-10-8-7-9-11-22)33(35)41-31(24)26(27)19-39-30(34)15-12-23-17-28(36-4)32(38-6)29(18-23)37-5/h7-11,13-14,17-18,20H,12,15-16,19H2,1-6H3. The maximum atomic E-state index is 13.1. The van der Waals surface area contributed by atoms with Crippen molar-refractivity contribution in [2.45, 2.75) is 52.7 Å². The molecule has 4 aromatic rings. The highest BCUT2D eigenvalue weighted by molar-refractivity contribution is 5.86. The van der Waals surface area contributed by atoms with Gasteiger partial charge in [0.15, 0.2) is 11.5 Å². The lowest BCUT2D eigenvalue weighted by Gasteiger charge is -2.17. The number of methoxy groups -OCH3 is 3. The highest BCUT2D eigenvalue weighted by Gasteiger charge is 2.20. The number of hydrogen-bond donors (Lipinski definition) is 0. The van der Waals surface area contributed by atoms with Crippen LogP contribution in [0, 0.1) is 6.92 Å².